The van der Waals surface area contributed by atoms with Gasteiger partial charge in [-0.25, -0.2) is 4.98 Å². The molecule has 1 saturated carbocycles. The number of hydrogen-bond acceptors (Lipinski definition) is 8. The highest BCUT2D eigenvalue weighted by molar-refractivity contribution is 5.32. The van der Waals surface area contributed by atoms with Crippen molar-refractivity contribution in [2.75, 3.05) is 37.7 Å². The lowest BCUT2D eigenvalue weighted by atomic mass is 10.2. The molecule has 0 N–H and O–H groups in total. The Balaban J connectivity index is 1.36. The van der Waals surface area contributed by atoms with E-state index in [4.69, 9.17) is 9.26 Å². The van der Waals surface area contributed by atoms with Crippen LogP contribution in [0.4, 0.5) is 5.95 Å². The minimum Gasteiger partial charge on any atom is -0.478 e. The minimum absolute atomic E-state index is 0.137. The predicted molar refractivity (Wildman–Crippen MR) is 91.7 cm³/mol. The number of aromatic nitrogens is 4. The molecular formula is C17H24N6O2. The summed E-state index contributed by atoms with van der Waals surface area (Å²) >= 11 is 0. The smallest absolute Gasteiger partial charge is 0.243 e. The molecule has 1 aliphatic heterocycles. The number of anilines is 1. The Morgan fingerprint density at radius 1 is 1.24 bits per heavy atom. The summed E-state index contributed by atoms with van der Waals surface area (Å²) in [7, 11) is 0. The van der Waals surface area contributed by atoms with Crippen LogP contribution >= 0.6 is 0 Å². The van der Waals surface area contributed by atoms with Crippen molar-refractivity contribution in [3.63, 3.8) is 0 Å². The van der Waals surface area contributed by atoms with Crippen molar-refractivity contribution >= 4 is 5.95 Å². The SMILES string of the molecule is CCOc1ccnc(N2CCN([C@H](C)c3nc(C4CC4)no3)CC2)n1. The molecule has 0 amide bonds. The van der Waals surface area contributed by atoms with Gasteiger partial charge in [-0.2, -0.15) is 9.97 Å². The van der Waals surface area contributed by atoms with Crippen molar-refractivity contribution in [2.24, 2.45) is 0 Å². The first-order valence-electron chi connectivity index (χ1n) is 9.03. The Labute approximate surface area is 147 Å². The Hall–Kier alpha value is -2.22. The number of hydrogen-bond donors (Lipinski definition) is 0. The van der Waals surface area contributed by atoms with E-state index in [-0.39, 0.29) is 6.04 Å². The van der Waals surface area contributed by atoms with Crippen LogP contribution in [-0.2, 0) is 0 Å². The molecule has 3 heterocycles. The fourth-order valence-electron chi connectivity index (χ4n) is 3.10. The first kappa shape index (κ1) is 16.3. The van der Waals surface area contributed by atoms with Crippen LogP contribution in [0.2, 0.25) is 0 Å². The van der Waals surface area contributed by atoms with Gasteiger partial charge >= 0.3 is 0 Å². The third-order valence-corrected chi connectivity index (χ3v) is 4.81. The van der Waals surface area contributed by atoms with Crippen molar-refractivity contribution in [2.45, 2.75) is 38.6 Å². The Morgan fingerprint density at radius 2 is 2.04 bits per heavy atom. The van der Waals surface area contributed by atoms with Gasteiger partial charge < -0.3 is 14.2 Å². The molecule has 2 fully saturated rings. The maximum Gasteiger partial charge on any atom is 0.243 e. The lowest BCUT2D eigenvalue weighted by molar-refractivity contribution is 0.163. The molecule has 1 saturated heterocycles. The summed E-state index contributed by atoms with van der Waals surface area (Å²) in [4.78, 5) is 18.0. The quantitative estimate of drug-likeness (QED) is 0.787. The minimum atomic E-state index is 0.137. The second-order valence-corrected chi connectivity index (χ2v) is 6.59. The molecule has 0 spiro atoms. The number of piperazine rings is 1. The average molecular weight is 344 g/mol. The standard InChI is InChI=1S/C17H24N6O2/c1-3-24-14-6-7-18-17(19-14)23-10-8-22(9-11-23)12(2)16-20-15(21-25-16)13-4-5-13/h6-7,12-13H,3-5,8-11H2,1-2H3/t12-/m1/s1. The van der Waals surface area contributed by atoms with Crippen LogP contribution in [0.25, 0.3) is 0 Å². The van der Waals surface area contributed by atoms with E-state index in [0.717, 1.165) is 43.8 Å². The molecule has 0 bridgehead atoms. The summed E-state index contributed by atoms with van der Waals surface area (Å²) in [6.45, 7) is 8.23. The van der Waals surface area contributed by atoms with Gasteiger partial charge in [-0.1, -0.05) is 5.16 Å². The molecule has 134 valence electrons. The molecule has 2 aliphatic rings. The maximum atomic E-state index is 5.48. The van der Waals surface area contributed by atoms with Gasteiger partial charge in [0.15, 0.2) is 5.82 Å². The first-order chi connectivity index (χ1) is 12.2. The Bertz CT molecular complexity index is 709. The van der Waals surface area contributed by atoms with Gasteiger partial charge in [-0.3, -0.25) is 4.90 Å². The van der Waals surface area contributed by atoms with Gasteiger partial charge in [0.2, 0.25) is 17.7 Å². The average Bonchev–Trinajstić information content (AvgIpc) is 3.39. The molecule has 25 heavy (non-hydrogen) atoms. The topological polar surface area (TPSA) is 80.4 Å². The molecule has 1 aliphatic carbocycles. The Kier molecular flexibility index (Phi) is 4.52. The zero-order chi connectivity index (χ0) is 17.2. The molecule has 1 atom stereocenters. The number of ether oxygens (including phenoxy) is 1. The van der Waals surface area contributed by atoms with E-state index >= 15 is 0 Å². The molecule has 0 radical (unpaired) electrons. The van der Waals surface area contributed by atoms with Crippen molar-refractivity contribution in [1.29, 1.82) is 0 Å². The van der Waals surface area contributed by atoms with E-state index in [1.54, 1.807) is 12.3 Å². The fraction of sp³-hybridized carbons (Fsp3) is 0.647. The summed E-state index contributed by atoms with van der Waals surface area (Å²) in [6.07, 6.45) is 4.12. The van der Waals surface area contributed by atoms with Gasteiger partial charge in [-0.05, 0) is 26.7 Å². The van der Waals surface area contributed by atoms with Crippen molar-refractivity contribution < 1.29 is 9.26 Å². The Morgan fingerprint density at radius 3 is 2.76 bits per heavy atom. The van der Waals surface area contributed by atoms with Crippen LogP contribution in [0.15, 0.2) is 16.8 Å². The van der Waals surface area contributed by atoms with Gasteiger partial charge in [0.1, 0.15) is 0 Å². The zero-order valence-corrected chi connectivity index (χ0v) is 14.8. The first-order valence-corrected chi connectivity index (χ1v) is 9.03. The maximum absolute atomic E-state index is 5.48. The summed E-state index contributed by atoms with van der Waals surface area (Å²) < 4.78 is 10.9. The van der Waals surface area contributed by atoms with E-state index < -0.39 is 0 Å². The summed E-state index contributed by atoms with van der Waals surface area (Å²) in [6, 6.07) is 1.93. The fourth-order valence-corrected chi connectivity index (χ4v) is 3.10. The summed E-state index contributed by atoms with van der Waals surface area (Å²) in [5.74, 6) is 3.48. The molecule has 4 rings (SSSR count). The summed E-state index contributed by atoms with van der Waals surface area (Å²) in [5.41, 5.74) is 0. The largest absolute Gasteiger partial charge is 0.478 e. The van der Waals surface area contributed by atoms with Crippen molar-refractivity contribution in [1.82, 2.24) is 25.0 Å². The van der Waals surface area contributed by atoms with Gasteiger partial charge in [0, 0.05) is 44.4 Å². The highest BCUT2D eigenvalue weighted by Gasteiger charge is 2.31. The number of rotatable bonds is 6. The lowest BCUT2D eigenvalue weighted by Crippen LogP contribution is -2.47. The third kappa shape index (κ3) is 3.58. The van der Waals surface area contributed by atoms with Gasteiger partial charge in [0.25, 0.3) is 0 Å². The van der Waals surface area contributed by atoms with Crippen molar-refractivity contribution in [3.8, 4) is 5.88 Å². The predicted octanol–water partition coefficient (Wildman–Crippen LogP) is 2.02. The van der Waals surface area contributed by atoms with Crippen LogP contribution in [0, 0.1) is 0 Å². The normalized spacial score (nSPS) is 19.8. The van der Waals surface area contributed by atoms with Crippen LogP contribution in [0.3, 0.4) is 0 Å². The highest BCUT2D eigenvalue weighted by Crippen LogP contribution is 2.38. The summed E-state index contributed by atoms with van der Waals surface area (Å²) in [5, 5.41) is 4.13. The second-order valence-electron chi connectivity index (χ2n) is 6.59. The van der Waals surface area contributed by atoms with E-state index in [1.165, 1.54) is 12.8 Å². The third-order valence-electron chi connectivity index (χ3n) is 4.81. The molecular weight excluding hydrogens is 320 g/mol. The van der Waals surface area contributed by atoms with Gasteiger partial charge in [0.05, 0.1) is 12.6 Å². The monoisotopic (exact) mass is 344 g/mol. The van der Waals surface area contributed by atoms with Gasteiger partial charge in [-0.15, -0.1) is 0 Å². The molecule has 8 nitrogen and oxygen atoms in total. The van der Waals surface area contributed by atoms with Crippen LogP contribution in [0.5, 0.6) is 5.88 Å². The second kappa shape index (κ2) is 6.95. The molecule has 0 aromatic carbocycles. The molecule has 0 unspecified atom stereocenters. The molecule has 2 aromatic heterocycles. The van der Waals surface area contributed by atoms with E-state index in [9.17, 15) is 0 Å². The highest BCUT2D eigenvalue weighted by atomic mass is 16.5. The van der Waals surface area contributed by atoms with E-state index in [2.05, 4.69) is 36.8 Å². The van der Waals surface area contributed by atoms with E-state index in [0.29, 0.717) is 18.4 Å². The lowest BCUT2D eigenvalue weighted by Gasteiger charge is -2.36. The molecule has 2 aromatic rings. The van der Waals surface area contributed by atoms with Crippen LogP contribution in [-0.4, -0.2) is 57.8 Å². The van der Waals surface area contributed by atoms with Crippen molar-refractivity contribution in [3.05, 3.63) is 24.0 Å². The zero-order valence-electron chi connectivity index (χ0n) is 14.8. The van der Waals surface area contributed by atoms with E-state index in [1.807, 2.05) is 6.92 Å². The number of nitrogens with zero attached hydrogens (tertiary/aromatic N) is 6. The van der Waals surface area contributed by atoms with Crippen LogP contribution in [0.1, 0.15) is 50.4 Å². The van der Waals surface area contributed by atoms with Crippen LogP contribution < -0.4 is 9.64 Å². The molecule has 8 heteroatoms.